The molecule has 0 bridgehead atoms. The molecule has 0 saturated carbocycles. The summed E-state index contributed by atoms with van der Waals surface area (Å²) in [6, 6.07) is 25.9. The fourth-order valence-electron chi connectivity index (χ4n) is 3.19. The number of nitrogens with zero attached hydrogens (tertiary/aromatic N) is 3. The summed E-state index contributed by atoms with van der Waals surface area (Å²) < 4.78 is 6.09. The van der Waals surface area contributed by atoms with Crippen LogP contribution in [0.2, 0.25) is 0 Å². The smallest absolute Gasteiger partial charge is 0.210 e. The Labute approximate surface area is 178 Å². The van der Waals surface area contributed by atoms with Gasteiger partial charge in [-0.15, -0.1) is 10.2 Å². The number of fused-ring (bicyclic) bond motifs is 1. The van der Waals surface area contributed by atoms with Gasteiger partial charge in [-0.1, -0.05) is 35.6 Å². The van der Waals surface area contributed by atoms with Crippen LogP contribution in [0.5, 0.6) is 11.5 Å². The molecule has 0 aliphatic carbocycles. The van der Waals surface area contributed by atoms with E-state index in [2.05, 4.69) is 39.6 Å². The summed E-state index contributed by atoms with van der Waals surface area (Å²) in [5.74, 6) is 1.55. The number of hydrogen-bond donors (Lipinski definition) is 1. The highest BCUT2D eigenvalue weighted by Crippen LogP contribution is 2.32. The lowest BCUT2D eigenvalue weighted by atomic mass is 10.2. The zero-order valence-corrected chi connectivity index (χ0v) is 17.1. The first-order valence-electron chi connectivity index (χ1n) is 9.54. The fourth-order valence-corrected chi connectivity index (χ4v) is 3.96. The van der Waals surface area contributed by atoms with Gasteiger partial charge in [-0.3, -0.25) is 4.98 Å². The van der Waals surface area contributed by atoms with Crippen molar-refractivity contribution in [1.29, 1.82) is 0 Å². The van der Waals surface area contributed by atoms with Crippen LogP contribution in [-0.2, 0) is 0 Å². The molecular weight excluding hydrogens is 392 g/mol. The molecule has 30 heavy (non-hydrogen) atoms. The minimum atomic E-state index is 0.762. The minimum absolute atomic E-state index is 0.762. The van der Waals surface area contributed by atoms with Gasteiger partial charge in [-0.05, 0) is 67.1 Å². The number of benzene rings is 3. The van der Waals surface area contributed by atoms with E-state index in [0.29, 0.717) is 0 Å². The summed E-state index contributed by atoms with van der Waals surface area (Å²) in [6.07, 6.45) is 1.76. The van der Waals surface area contributed by atoms with Crippen molar-refractivity contribution in [3.63, 3.8) is 0 Å². The van der Waals surface area contributed by atoms with Crippen LogP contribution in [-0.4, -0.2) is 15.2 Å². The average Bonchev–Trinajstić information content (AvgIpc) is 3.23. The third kappa shape index (κ3) is 3.86. The van der Waals surface area contributed by atoms with Gasteiger partial charge >= 0.3 is 0 Å². The van der Waals surface area contributed by atoms with Gasteiger partial charge in [0.1, 0.15) is 16.5 Å². The molecule has 0 amide bonds. The highest BCUT2D eigenvalue weighted by molar-refractivity contribution is 7.18. The molecule has 5 rings (SSSR count). The van der Waals surface area contributed by atoms with Crippen LogP contribution in [0.3, 0.4) is 0 Å². The molecule has 0 radical (unpaired) electrons. The highest BCUT2D eigenvalue weighted by Gasteiger charge is 2.09. The van der Waals surface area contributed by atoms with E-state index in [1.807, 2.05) is 66.7 Å². The van der Waals surface area contributed by atoms with Gasteiger partial charge in [0, 0.05) is 22.8 Å². The zero-order valence-electron chi connectivity index (χ0n) is 16.2. The van der Waals surface area contributed by atoms with Gasteiger partial charge in [-0.25, -0.2) is 0 Å². The first-order chi connectivity index (χ1) is 14.7. The summed E-state index contributed by atoms with van der Waals surface area (Å²) in [7, 11) is 0. The second-order valence-electron chi connectivity index (χ2n) is 6.86. The van der Waals surface area contributed by atoms with E-state index in [-0.39, 0.29) is 0 Å². The molecule has 5 nitrogen and oxygen atoms in total. The Bertz CT molecular complexity index is 1310. The van der Waals surface area contributed by atoms with E-state index in [0.717, 1.165) is 43.8 Å². The van der Waals surface area contributed by atoms with Crippen molar-refractivity contribution in [3.05, 3.63) is 90.6 Å². The van der Waals surface area contributed by atoms with E-state index >= 15 is 0 Å². The lowest BCUT2D eigenvalue weighted by molar-refractivity contribution is 0.488. The van der Waals surface area contributed by atoms with Crippen molar-refractivity contribution >= 4 is 33.1 Å². The normalized spacial score (nSPS) is 10.8. The first kappa shape index (κ1) is 18.3. The average molecular weight is 411 g/mol. The van der Waals surface area contributed by atoms with E-state index in [9.17, 15) is 0 Å². The molecule has 5 aromatic rings. The van der Waals surface area contributed by atoms with E-state index in [1.54, 1.807) is 6.20 Å². The first-order valence-corrected chi connectivity index (χ1v) is 10.4. The largest absolute Gasteiger partial charge is 0.457 e. The van der Waals surface area contributed by atoms with E-state index in [4.69, 9.17) is 4.74 Å². The molecule has 0 spiro atoms. The van der Waals surface area contributed by atoms with Gasteiger partial charge < -0.3 is 10.1 Å². The number of rotatable bonds is 5. The molecule has 6 heteroatoms. The van der Waals surface area contributed by atoms with Crippen LogP contribution in [0.4, 0.5) is 10.8 Å². The zero-order chi connectivity index (χ0) is 20.3. The maximum atomic E-state index is 6.09. The van der Waals surface area contributed by atoms with Gasteiger partial charge in [0.2, 0.25) is 5.13 Å². The summed E-state index contributed by atoms with van der Waals surface area (Å²) >= 11 is 1.52. The molecule has 146 valence electrons. The molecule has 0 atom stereocenters. The number of ether oxygens (including phenoxy) is 1. The van der Waals surface area contributed by atoms with Crippen molar-refractivity contribution in [2.45, 2.75) is 6.92 Å². The van der Waals surface area contributed by atoms with Crippen LogP contribution >= 0.6 is 11.3 Å². The quantitative estimate of drug-likeness (QED) is 0.354. The topological polar surface area (TPSA) is 59.9 Å². The van der Waals surface area contributed by atoms with Gasteiger partial charge in [-0.2, -0.15) is 0 Å². The van der Waals surface area contributed by atoms with E-state index < -0.39 is 0 Å². The Kier molecular flexibility index (Phi) is 4.83. The van der Waals surface area contributed by atoms with Crippen LogP contribution in [0.15, 0.2) is 85.1 Å². The number of anilines is 2. The van der Waals surface area contributed by atoms with Crippen LogP contribution < -0.4 is 10.1 Å². The summed E-state index contributed by atoms with van der Waals surface area (Å²) in [6.45, 7) is 2.06. The number of para-hydroxylation sites is 1. The van der Waals surface area contributed by atoms with Gasteiger partial charge in [0.05, 0.1) is 5.52 Å². The Morgan fingerprint density at radius 1 is 0.867 bits per heavy atom. The summed E-state index contributed by atoms with van der Waals surface area (Å²) in [5, 5.41) is 14.5. The van der Waals surface area contributed by atoms with Crippen LogP contribution in [0, 0.1) is 6.92 Å². The number of nitrogens with one attached hydrogen (secondary N) is 1. The lowest BCUT2D eigenvalue weighted by Crippen LogP contribution is -1.89. The molecule has 2 aromatic heterocycles. The SMILES string of the molecule is Cc1cccc(Nc2nnc(-c3ccc(Oc4ccnc5ccccc45)cc3)s2)c1. The molecule has 0 unspecified atom stereocenters. The Morgan fingerprint density at radius 2 is 1.73 bits per heavy atom. The predicted molar refractivity (Wildman–Crippen MR) is 122 cm³/mol. The predicted octanol–water partition coefficient (Wildman–Crippen LogP) is 6.60. The van der Waals surface area contributed by atoms with Crippen molar-refractivity contribution in [2.24, 2.45) is 0 Å². The van der Waals surface area contributed by atoms with Crippen LogP contribution in [0.25, 0.3) is 21.5 Å². The van der Waals surface area contributed by atoms with Crippen molar-refractivity contribution in [3.8, 4) is 22.1 Å². The molecule has 2 heterocycles. The minimum Gasteiger partial charge on any atom is -0.457 e. The molecule has 3 aromatic carbocycles. The maximum Gasteiger partial charge on any atom is 0.210 e. The van der Waals surface area contributed by atoms with Crippen molar-refractivity contribution < 1.29 is 4.74 Å². The lowest BCUT2D eigenvalue weighted by Gasteiger charge is -2.08. The molecule has 1 N–H and O–H groups in total. The Morgan fingerprint density at radius 3 is 2.60 bits per heavy atom. The summed E-state index contributed by atoms with van der Waals surface area (Å²) in [5.41, 5.74) is 4.11. The standard InChI is InChI=1S/C24H18N4OS/c1-16-5-4-6-18(15-16)26-24-28-27-23(30-24)17-9-11-19(12-10-17)29-22-13-14-25-21-8-3-2-7-20(21)22/h2-15H,1H3,(H,26,28). The second-order valence-corrected chi connectivity index (χ2v) is 7.84. The van der Waals surface area contributed by atoms with Crippen LogP contribution in [0.1, 0.15) is 5.56 Å². The number of aromatic nitrogens is 3. The summed E-state index contributed by atoms with van der Waals surface area (Å²) in [4.78, 5) is 4.37. The Hall–Kier alpha value is -3.77. The maximum absolute atomic E-state index is 6.09. The number of aryl methyl sites for hydroxylation is 1. The second kappa shape index (κ2) is 7.93. The Balaban J connectivity index is 1.33. The highest BCUT2D eigenvalue weighted by atomic mass is 32.1. The third-order valence-electron chi connectivity index (χ3n) is 4.63. The molecule has 0 fully saturated rings. The number of pyridine rings is 1. The van der Waals surface area contributed by atoms with Crippen molar-refractivity contribution in [1.82, 2.24) is 15.2 Å². The number of hydrogen-bond acceptors (Lipinski definition) is 6. The van der Waals surface area contributed by atoms with Gasteiger partial charge in [0.15, 0.2) is 0 Å². The molecular formula is C24H18N4OS. The fraction of sp³-hybridized carbons (Fsp3) is 0.0417. The molecule has 0 aliphatic rings. The molecule has 0 saturated heterocycles. The monoisotopic (exact) mass is 410 g/mol. The molecule has 0 aliphatic heterocycles. The van der Waals surface area contributed by atoms with Gasteiger partial charge in [0.25, 0.3) is 0 Å². The third-order valence-corrected chi connectivity index (χ3v) is 5.52. The van der Waals surface area contributed by atoms with Crippen molar-refractivity contribution in [2.75, 3.05) is 5.32 Å². The van der Waals surface area contributed by atoms with E-state index in [1.165, 1.54) is 16.9 Å².